The van der Waals surface area contributed by atoms with E-state index in [-0.39, 0.29) is 24.0 Å². The van der Waals surface area contributed by atoms with E-state index in [1.807, 2.05) is 7.05 Å². The zero-order valence-corrected chi connectivity index (χ0v) is 21.8. The molecule has 0 spiro atoms. The third kappa shape index (κ3) is 8.96. The molecule has 0 bridgehead atoms. The summed E-state index contributed by atoms with van der Waals surface area (Å²) in [5, 5.41) is 6.92. The molecule has 1 saturated heterocycles. The summed E-state index contributed by atoms with van der Waals surface area (Å²) in [6.45, 7) is 7.38. The summed E-state index contributed by atoms with van der Waals surface area (Å²) >= 11 is 0. The second-order valence-electron chi connectivity index (χ2n) is 7.97. The molecule has 32 heavy (non-hydrogen) atoms. The second kappa shape index (κ2) is 15.1. The number of hydrogen-bond acceptors (Lipinski definition) is 4. The van der Waals surface area contributed by atoms with Gasteiger partial charge in [0, 0.05) is 59.1 Å². The van der Waals surface area contributed by atoms with Crippen molar-refractivity contribution in [1.82, 2.24) is 15.5 Å². The quantitative estimate of drug-likeness (QED) is 0.204. The minimum atomic E-state index is 0. The zero-order chi connectivity index (χ0) is 21.7. The highest BCUT2D eigenvalue weighted by Crippen LogP contribution is 2.13. The van der Waals surface area contributed by atoms with Crippen LogP contribution in [0.5, 0.6) is 0 Å². The monoisotopic (exact) mass is 551 g/mol. The zero-order valence-electron chi connectivity index (χ0n) is 19.4. The fourth-order valence-corrected chi connectivity index (χ4v) is 3.78. The lowest BCUT2D eigenvalue weighted by Gasteiger charge is -2.27. The summed E-state index contributed by atoms with van der Waals surface area (Å²) < 4.78 is 5.47. The predicted molar refractivity (Wildman–Crippen MR) is 145 cm³/mol. The Bertz CT molecular complexity index is 796. The van der Waals surface area contributed by atoms with Crippen LogP contribution in [0.1, 0.15) is 24.0 Å². The van der Waals surface area contributed by atoms with Gasteiger partial charge in [0.1, 0.15) is 0 Å². The fourth-order valence-electron chi connectivity index (χ4n) is 3.78. The summed E-state index contributed by atoms with van der Waals surface area (Å²) in [4.78, 5) is 9.15. The van der Waals surface area contributed by atoms with Crippen molar-refractivity contribution in [1.29, 1.82) is 0 Å². The number of rotatable bonds is 10. The van der Waals surface area contributed by atoms with Crippen molar-refractivity contribution >= 4 is 35.6 Å². The number of aliphatic imine (C=N–C) groups is 1. The van der Waals surface area contributed by atoms with E-state index in [1.165, 1.54) is 16.8 Å². The highest BCUT2D eigenvalue weighted by molar-refractivity contribution is 14.0. The molecule has 0 unspecified atom stereocenters. The van der Waals surface area contributed by atoms with Gasteiger partial charge >= 0.3 is 0 Å². The Morgan fingerprint density at radius 3 is 2.38 bits per heavy atom. The normalized spacial score (nSPS) is 14.5. The van der Waals surface area contributed by atoms with Crippen molar-refractivity contribution in [3.63, 3.8) is 0 Å². The lowest BCUT2D eigenvalue weighted by atomic mass is 10.1. The van der Waals surface area contributed by atoms with Gasteiger partial charge in [0.15, 0.2) is 5.96 Å². The van der Waals surface area contributed by atoms with Crippen LogP contribution in [0.4, 0.5) is 5.69 Å². The Balaban J connectivity index is 0.00000363. The number of nitrogens with one attached hydrogen (secondary N) is 2. The third-order valence-corrected chi connectivity index (χ3v) is 5.70. The molecule has 1 aliphatic rings. The number of guanidine groups is 1. The fraction of sp³-hybridized carbons (Fsp3) is 0.480. The van der Waals surface area contributed by atoms with E-state index in [0.717, 1.165) is 71.3 Å². The molecule has 0 radical (unpaired) electrons. The average Bonchev–Trinajstić information content (AvgIpc) is 2.83. The van der Waals surface area contributed by atoms with Crippen LogP contribution in [0.3, 0.4) is 0 Å². The molecule has 0 aromatic heterocycles. The topological polar surface area (TPSA) is 52.1 Å². The van der Waals surface area contributed by atoms with Crippen LogP contribution in [0.15, 0.2) is 59.6 Å². The SMILES string of the molecule is CN=C(NCCCCN(C)c1ccccc1)NCc1ccccc1CN1CCOCC1.I. The minimum absolute atomic E-state index is 0. The van der Waals surface area contributed by atoms with Gasteiger partial charge in [-0.15, -0.1) is 24.0 Å². The van der Waals surface area contributed by atoms with E-state index in [9.17, 15) is 0 Å². The largest absolute Gasteiger partial charge is 0.379 e. The van der Waals surface area contributed by atoms with Gasteiger partial charge in [-0.3, -0.25) is 9.89 Å². The Kier molecular flexibility index (Phi) is 12.4. The van der Waals surface area contributed by atoms with Crippen LogP contribution in [0, 0.1) is 0 Å². The molecule has 1 heterocycles. The Morgan fingerprint density at radius 2 is 1.66 bits per heavy atom. The molecule has 7 heteroatoms. The number of halogens is 1. The average molecular weight is 552 g/mol. The summed E-state index contributed by atoms with van der Waals surface area (Å²) in [5.74, 6) is 0.859. The molecule has 2 aromatic rings. The van der Waals surface area contributed by atoms with Crippen LogP contribution < -0.4 is 15.5 Å². The Labute approximate surface area is 210 Å². The lowest BCUT2D eigenvalue weighted by Crippen LogP contribution is -2.38. The van der Waals surface area contributed by atoms with Crippen LogP contribution >= 0.6 is 24.0 Å². The molecule has 0 aliphatic carbocycles. The first-order valence-corrected chi connectivity index (χ1v) is 11.3. The van der Waals surface area contributed by atoms with E-state index in [1.54, 1.807) is 0 Å². The smallest absolute Gasteiger partial charge is 0.191 e. The summed E-state index contributed by atoms with van der Waals surface area (Å²) in [6, 6.07) is 19.2. The highest BCUT2D eigenvalue weighted by Gasteiger charge is 2.12. The maximum atomic E-state index is 5.47. The van der Waals surface area contributed by atoms with Gasteiger partial charge < -0.3 is 20.3 Å². The van der Waals surface area contributed by atoms with Crippen molar-refractivity contribution in [3.8, 4) is 0 Å². The van der Waals surface area contributed by atoms with Gasteiger partial charge in [-0.25, -0.2) is 0 Å². The van der Waals surface area contributed by atoms with Gasteiger partial charge in [0.25, 0.3) is 0 Å². The van der Waals surface area contributed by atoms with Gasteiger partial charge in [-0.2, -0.15) is 0 Å². The molecule has 1 fully saturated rings. The first kappa shape index (κ1) is 26.4. The molecule has 1 aliphatic heterocycles. The van der Waals surface area contributed by atoms with Gasteiger partial charge in [-0.05, 0) is 36.1 Å². The van der Waals surface area contributed by atoms with Crippen LogP contribution in [0.25, 0.3) is 0 Å². The van der Waals surface area contributed by atoms with Crippen molar-refractivity contribution in [2.45, 2.75) is 25.9 Å². The number of hydrogen-bond donors (Lipinski definition) is 2. The third-order valence-electron chi connectivity index (χ3n) is 5.70. The van der Waals surface area contributed by atoms with Crippen molar-refractivity contribution in [3.05, 3.63) is 65.7 Å². The second-order valence-corrected chi connectivity index (χ2v) is 7.97. The molecule has 6 nitrogen and oxygen atoms in total. The van der Waals surface area contributed by atoms with E-state index in [2.05, 4.69) is 87.1 Å². The lowest BCUT2D eigenvalue weighted by molar-refractivity contribution is 0.0341. The summed E-state index contributed by atoms with van der Waals surface area (Å²) in [7, 11) is 3.98. The number of ether oxygens (including phenoxy) is 1. The van der Waals surface area contributed by atoms with Crippen molar-refractivity contribution in [2.75, 3.05) is 58.4 Å². The Morgan fingerprint density at radius 1 is 0.969 bits per heavy atom. The first-order chi connectivity index (χ1) is 15.3. The van der Waals surface area contributed by atoms with Crippen molar-refractivity contribution < 1.29 is 4.74 Å². The summed E-state index contributed by atoms with van der Waals surface area (Å²) in [6.07, 6.45) is 2.24. The molecule has 176 valence electrons. The number of anilines is 1. The Hall–Kier alpha value is -1.84. The maximum absolute atomic E-state index is 5.47. The van der Waals surface area contributed by atoms with Gasteiger partial charge in [0.05, 0.1) is 13.2 Å². The molecular weight excluding hydrogens is 513 g/mol. The van der Waals surface area contributed by atoms with Gasteiger partial charge in [-0.1, -0.05) is 42.5 Å². The molecular formula is C25H38IN5O. The molecule has 0 saturated carbocycles. The van der Waals surface area contributed by atoms with E-state index < -0.39 is 0 Å². The predicted octanol–water partition coefficient (Wildman–Crippen LogP) is 3.72. The van der Waals surface area contributed by atoms with Gasteiger partial charge in [0.2, 0.25) is 0 Å². The van der Waals surface area contributed by atoms with Crippen molar-refractivity contribution in [2.24, 2.45) is 4.99 Å². The molecule has 0 atom stereocenters. The standard InChI is InChI=1S/C25H37N5O.HI/c1-26-25(27-14-8-9-15-29(2)24-12-4-3-5-13-24)28-20-22-10-6-7-11-23(22)21-30-16-18-31-19-17-30;/h3-7,10-13H,8-9,14-21H2,1-2H3,(H2,26,27,28);1H. The number of unbranched alkanes of at least 4 members (excludes halogenated alkanes) is 1. The van der Waals surface area contributed by atoms with E-state index in [0.29, 0.717) is 0 Å². The molecule has 0 amide bonds. The van der Waals surface area contributed by atoms with Crippen LogP contribution in [-0.2, 0) is 17.8 Å². The van der Waals surface area contributed by atoms with Crippen LogP contribution in [-0.4, -0.2) is 64.3 Å². The number of morpholine rings is 1. The minimum Gasteiger partial charge on any atom is -0.379 e. The first-order valence-electron chi connectivity index (χ1n) is 11.3. The highest BCUT2D eigenvalue weighted by atomic mass is 127. The summed E-state index contributed by atoms with van der Waals surface area (Å²) in [5.41, 5.74) is 3.96. The number of nitrogens with zero attached hydrogens (tertiary/aromatic N) is 3. The molecule has 2 aromatic carbocycles. The van der Waals surface area contributed by atoms with E-state index in [4.69, 9.17) is 4.74 Å². The van der Waals surface area contributed by atoms with E-state index >= 15 is 0 Å². The molecule has 3 rings (SSSR count). The number of para-hydroxylation sites is 1. The number of benzene rings is 2. The van der Waals surface area contributed by atoms with Crippen LogP contribution in [0.2, 0.25) is 0 Å². The maximum Gasteiger partial charge on any atom is 0.191 e. The molecule has 2 N–H and O–H groups in total.